The fourth-order valence-electron chi connectivity index (χ4n) is 1.62. The number of rotatable bonds is 2. The summed E-state index contributed by atoms with van der Waals surface area (Å²) in [5, 5.41) is 2.28. The molecule has 20 heavy (non-hydrogen) atoms. The summed E-state index contributed by atoms with van der Waals surface area (Å²) in [6.07, 6.45) is 2.23. The third-order valence-corrected chi connectivity index (χ3v) is 2.49. The molecule has 106 valence electrons. The van der Waals surface area contributed by atoms with Gasteiger partial charge < -0.3 is 5.32 Å². The monoisotopic (exact) mass is 278 g/mol. The minimum Gasteiger partial charge on any atom is -0.355 e. The number of halogens is 1. The number of carbonyl (C=O) groups excluding carboxylic acids is 3. The van der Waals surface area contributed by atoms with E-state index in [-0.39, 0.29) is 11.3 Å². The molecule has 1 aromatic rings. The molecule has 3 amide bonds. The van der Waals surface area contributed by atoms with Gasteiger partial charge in [0.05, 0.1) is 11.3 Å². The standard InChI is InChI=1S/C12H9FN2O3.C2H6/c1-14-12(18)8-6-7(2-3-9(8)13)15-10(16)4-5-11(15)17;1-2/h2-6H,1H3,(H,14,18);1-2H3. The van der Waals surface area contributed by atoms with Gasteiger partial charge in [0.2, 0.25) is 0 Å². The minimum atomic E-state index is -0.717. The van der Waals surface area contributed by atoms with E-state index in [0.717, 1.165) is 29.2 Å². The lowest BCUT2D eigenvalue weighted by Crippen LogP contribution is -2.30. The fourth-order valence-corrected chi connectivity index (χ4v) is 1.62. The topological polar surface area (TPSA) is 66.5 Å². The lowest BCUT2D eigenvalue weighted by molar-refractivity contribution is -0.119. The molecule has 5 nitrogen and oxygen atoms in total. The molecular weight excluding hydrogens is 263 g/mol. The zero-order chi connectivity index (χ0) is 15.3. The first-order valence-electron chi connectivity index (χ1n) is 6.12. The molecule has 1 aliphatic heterocycles. The number of amides is 3. The van der Waals surface area contributed by atoms with Crippen LogP contribution in [0.1, 0.15) is 24.2 Å². The fraction of sp³-hybridized carbons (Fsp3) is 0.214. The molecule has 0 radical (unpaired) electrons. The van der Waals surface area contributed by atoms with Gasteiger partial charge in [-0.3, -0.25) is 14.4 Å². The Morgan fingerprint density at radius 1 is 1.15 bits per heavy atom. The van der Waals surface area contributed by atoms with Crippen molar-refractivity contribution in [3.05, 3.63) is 41.7 Å². The Bertz CT molecular complexity index is 564. The molecule has 1 aliphatic rings. The van der Waals surface area contributed by atoms with Crippen LogP contribution >= 0.6 is 0 Å². The second kappa shape index (κ2) is 6.60. The van der Waals surface area contributed by atoms with Gasteiger partial charge in [-0.2, -0.15) is 0 Å². The molecule has 0 aromatic heterocycles. The van der Waals surface area contributed by atoms with E-state index in [1.807, 2.05) is 13.8 Å². The molecule has 1 aromatic carbocycles. The summed E-state index contributed by atoms with van der Waals surface area (Å²) in [6.45, 7) is 4.00. The van der Waals surface area contributed by atoms with Crippen molar-refractivity contribution >= 4 is 23.4 Å². The Hall–Kier alpha value is -2.50. The van der Waals surface area contributed by atoms with Crippen LogP contribution in [-0.2, 0) is 9.59 Å². The van der Waals surface area contributed by atoms with Gasteiger partial charge in [-0.15, -0.1) is 0 Å². The van der Waals surface area contributed by atoms with Crippen molar-refractivity contribution < 1.29 is 18.8 Å². The Kier molecular flexibility index (Phi) is 5.14. The zero-order valence-corrected chi connectivity index (χ0v) is 11.4. The highest BCUT2D eigenvalue weighted by atomic mass is 19.1. The van der Waals surface area contributed by atoms with E-state index >= 15 is 0 Å². The lowest BCUT2D eigenvalue weighted by Gasteiger charge is -2.14. The average molecular weight is 278 g/mol. The Morgan fingerprint density at radius 2 is 1.70 bits per heavy atom. The molecule has 0 fully saturated rings. The third-order valence-electron chi connectivity index (χ3n) is 2.49. The maximum absolute atomic E-state index is 13.4. The van der Waals surface area contributed by atoms with Crippen LogP contribution in [0.5, 0.6) is 0 Å². The smallest absolute Gasteiger partial charge is 0.258 e. The molecule has 6 heteroatoms. The number of nitrogens with zero attached hydrogens (tertiary/aromatic N) is 1. The molecule has 0 aliphatic carbocycles. The van der Waals surface area contributed by atoms with Gasteiger partial charge in [0.15, 0.2) is 0 Å². The predicted molar refractivity (Wildman–Crippen MR) is 72.8 cm³/mol. The highest BCUT2D eigenvalue weighted by molar-refractivity contribution is 6.28. The van der Waals surface area contributed by atoms with Crippen LogP contribution in [-0.4, -0.2) is 24.8 Å². The molecule has 1 N–H and O–H groups in total. The third kappa shape index (κ3) is 2.90. The summed E-state index contributed by atoms with van der Waals surface area (Å²) in [5.74, 6) is -2.38. The van der Waals surface area contributed by atoms with Crippen molar-refractivity contribution in [2.75, 3.05) is 11.9 Å². The van der Waals surface area contributed by atoms with E-state index in [4.69, 9.17) is 0 Å². The van der Waals surface area contributed by atoms with E-state index in [1.165, 1.54) is 13.1 Å². The van der Waals surface area contributed by atoms with Gasteiger partial charge in [-0.25, -0.2) is 9.29 Å². The zero-order valence-electron chi connectivity index (χ0n) is 11.4. The number of nitrogens with one attached hydrogen (secondary N) is 1. The molecule has 1 heterocycles. The molecule has 0 unspecified atom stereocenters. The summed E-state index contributed by atoms with van der Waals surface area (Å²) in [6, 6.07) is 3.47. The largest absolute Gasteiger partial charge is 0.355 e. The normalized spacial score (nSPS) is 13.1. The second-order valence-electron chi connectivity index (χ2n) is 3.59. The number of hydrogen-bond acceptors (Lipinski definition) is 3. The number of anilines is 1. The maximum atomic E-state index is 13.4. The Morgan fingerprint density at radius 3 is 2.20 bits per heavy atom. The molecule has 0 saturated carbocycles. The van der Waals surface area contributed by atoms with Crippen molar-refractivity contribution in [2.24, 2.45) is 0 Å². The molecule has 2 rings (SSSR count). The quantitative estimate of drug-likeness (QED) is 0.836. The van der Waals surface area contributed by atoms with Gasteiger partial charge >= 0.3 is 0 Å². The Labute approximate surface area is 116 Å². The first-order valence-corrected chi connectivity index (χ1v) is 6.12. The number of imide groups is 1. The van der Waals surface area contributed by atoms with E-state index < -0.39 is 23.5 Å². The van der Waals surface area contributed by atoms with Crippen molar-refractivity contribution in [3.8, 4) is 0 Å². The van der Waals surface area contributed by atoms with Gasteiger partial charge in [-0.05, 0) is 18.2 Å². The molecule has 0 bridgehead atoms. The van der Waals surface area contributed by atoms with Crippen molar-refractivity contribution in [2.45, 2.75) is 13.8 Å². The van der Waals surface area contributed by atoms with Crippen molar-refractivity contribution in [1.29, 1.82) is 0 Å². The van der Waals surface area contributed by atoms with Crippen LogP contribution in [0, 0.1) is 5.82 Å². The van der Waals surface area contributed by atoms with Crippen LogP contribution in [0.25, 0.3) is 0 Å². The Balaban J connectivity index is 0.000000956. The van der Waals surface area contributed by atoms with E-state index in [2.05, 4.69) is 5.32 Å². The summed E-state index contributed by atoms with van der Waals surface area (Å²) in [7, 11) is 1.36. The minimum absolute atomic E-state index is 0.162. The summed E-state index contributed by atoms with van der Waals surface area (Å²) in [4.78, 5) is 35.2. The maximum Gasteiger partial charge on any atom is 0.258 e. The van der Waals surface area contributed by atoms with Crippen LogP contribution in [0.2, 0.25) is 0 Å². The van der Waals surface area contributed by atoms with Gasteiger partial charge in [0.25, 0.3) is 17.7 Å². The molecule has 0 spiro atoms. The van der Waals surface area contributed by atoms with E-state index in [1.54, 1.807) is 0 Å². The number of hydrogen-bond donors (Lipinski definition) is 1. The van der Waals surface area contributed by atoms with Crippen molar-refractivity contribution in [1.82, 2.24) is 5.32 Å². The first kappa shape index (κ1) is 15.6. The predicted octanol–water partition coefficient (Wildman–Crippen LogP) is 1.64. The van der Waals surface area contributed by atoms with Gasteiger partial charge in [0.1, 0.15) is 5.82 Å². The average Bonchev–Trinajstić information content (AvgIpc) is 2.80. The summed E-state index contributed by atoms with van der Waals surface area (Å²) < 4.78 is 13.4. The molecule has 0 atom stereocenters. The van der Waals surface area contributed by atoms with E-state index in [0.29, 0.717) is 0 Å². The number of benzene rings is 1. The highest BCUT2D eigenvalue weighted by Gasteiger charge is 2.26. The van der Waals surface area contributed by atoms with Crippen LogP contribution in [0.4, 0.5) is 10.1 Å². The molecule has 0 saturated heterocycles. The lowest BCUT2D eigenvalue weighted by atomic mass is 10.1. The highest BCUT2D eigenvalue weighted by Crippen LogP contribution is 2.22. The number of carbonyl (C=O) groups is 3. The SMILES string of the molecule is CC.CNC(=O)c1cc(N2C(=O)C=CC2=O)ccc1F. The van der Waals surface area contributed by atoms with Crippen molar-refractivity contribution in [3.63, 3.8) is 0 Å². The second-order valence-corrected chi connectivity index (χ2v) is 3.59. The van der Waals surface area contributed by atoms with E-state index in [9.17, 15) is 18.8 Å². The summed E-state index contributed by atoms with van der Waals surface area (Å²) >= 11 is 0. The summed E-state index contributed by atoms with van der Waals surface area (Å²) in [5.41, 5.74) is -0.0579. The van der Waals surface area contributed by atoms with Crippen LogP contribution in [0.3, 0.4) is 0 Å². The molecular formula is C14H15FN2O3. The van der Waals surface area contributed by atoms with Crippen LogP contribution < -0.4 is 10.2 Å². The first-order chi connectivity index (χ1) is 9.54. The van der Waals surface area contributed by atoms with Gasteiger partial charge in [0, 0.05) is 19.2 Å². The van der Waals surface area contributed by atoms with Gasteiger partial charge in [-0.1, -0.05) is 13.8 Å². The van der Waals surface area contributed by atoms with Crippen LogP contribution in [0.15, 0.2) is 30.4 Å².